The van der Waals surface area contributed by atoms with Gasteiger partial charge in [0.25, 0.3) is 5.91 Å². The van der Waals surface area contributed by atoms with Crippen LogP contribution in [0.25, 0.3) is 0 Å². The minimum Gasteiger partial charge on any atom is -0.371 e. The summed E-state index contributed by atoms with van der Waals surface area (Å²) >= 11 is 0. The lowest BCUT2D eigenvalue weighted by atomic mass is 10.1. The highest BCUT2D eigenvalue weighted by Crippen LogP contribution is 2.37. The number of amides is 3. The highest BCUT2D eigenvalue weighted by atomic mass is 19.4. The van der Waals surface area contributed by atoms with Gasteiger partial charge in [-0.1, -0.05) is 30.3 Å². The number of carbonyl (C=O) groups excluding carboxylic acids is 2. The Morgan fingerprint density at radius 3 is 1.93 bits per heavy atom. The van der Waals surface area contributed by atoms with Crippen LogP contribution in [0.4, 0.5) is 48.2 Å². The van der Waals surface area contributed by atoms with Crippen molar-refractivity contribution in [3.63, 3.8) is 0 Å². The molecule has 1 saturated heterocycles. The number of urea groups is 1. The van der Waals surface area contributed by atoms with Crippen molar-refractivity contribution in [1.82, 2.24) is 5.32 Å². The highest BCUT2D eigenvalue weighted by Gasteiger charge is 2.37. The third-order valence-corrected chi connectivity index (χ3v) is 6.44. The van der Waals surface area contributed by atoms with Crippen LogP contribution in [0.5, 0.6) is 0 Å². The number of nitrogens with one attached hydrogen (secondary N) is 3. The molecule has 0 spiro atoms. The summed E-state index contributed by atoms with van der Waals surface area (Å²) in [6, 6.07) is 13.3. The summed E-state index contributed by atoms with van der Waals surface area (Å²) in [7, 11) is 0. The zero-order valence-corrected chi connectivity index (χ0v) is 21.3. The maximum absolute atomic E-state index is 13.3. The zero-order valence-electron chi connectivity index (χ0n) is 21.3. The topological polar surface area (TPSA) is 73.5 Å². The van der Waals surface area contributed by atoms with E-state index < -0.39 is 41.1 Å². The van der Waals surface area contributed by atoms with Crippen LogP contribution in [-0.2, 0) is 12.4 Å². The van der Waals surface area contributed by atoms with E-state index >= 15 is 0 Å². The highest BCUT2D eigenvalue weighted by molar-refractivity contribution is 6.04. The van der Waals surface area contributed by atoms with E-state index in [0.29, 0.717) is 17.8 Å². The Kier molecular flexibility index (Phi) is 8.26. The first-order chi connectivity index (χ1) is 18.8. The Balaban J connectivity index is 1.57. The molecule has 12 heteroatoms. The molecule has 40 heavy (non-hydrogen) atoms. The molecule has 3 amide bonds. The molecule has 0 saturated carbocycles. The molecule has 3 aromatic carbocycles. The van der Waals surface area contributed by atoms with Gasteiger partial charge in [-0.3, -0.25) is 4.79 Å². The average molecular weight is 565 g/mol. The molecular formula is C28H26F6N4O2. The van der Waals surface area contributed by atoms with E-state index in [-0.39, 0.29) is 23.4 Å². The van der Waals surface area contributed by atoms with Crippen LogP contribution in [0, 0.1) is 0 Å². The predicted octanol–water partition coefficient (Wildman–Crippen LogP) is 7.46. The molecule has 0 aliphatic carbocycles. The van der Waals surface area contributed by atoms with E-state index in [2.05, 4.69) is 10.6 Å². The monoisotopic (exact) mass is 564 g/mol. The third-order valence-electron chi connectivity index (χ3n) is 6.44. The van der Waals surface area contributed by atoms with E-state index in [1.54, 1.807) is 6.07 Å². The number of rotatable bonds is 6. The Morgan fingerprint density at radius 1 is 0.775 bits per heavy atom. The van der Waals surface area contributed by atoms with Gasteiger partial charge in [0.1, 0.15) is 0 Å². The van der Waals surface area contributed by atoms with Crippen molar-refractivity contribution in [3.8, 4) is 0 Å². The molecular weight excluding hydrogens is 538 g/mol. The summed E-state index contributed by atoms with van der Waals surface area (Å²) < 4.78 is 79.0. The second kappa shape index (κ2) is 11.5. The van der Waals surface area contributed by atoms with Gasteiger partial charge in [0, 0.05) is 30.2 Å². The van der Waals surface area contributed by atoms with Gasteiger partial charge in [0.2, 0.25) is 0 Å². The number of alkyl halides is 6. The van der Waals surface area contributed by atoms with Crippen molar-refractivity contribution < 1.29 is 35.9 Å². The fourth-order valence-electron chi connectivity index (χ4n) is 4.45. The van der Waals surface area contributed by atoms with E-state index in [1.807, 2.05) is 47.5 Å². The van der Waals surface area contributed by atoms with E-state index in [9.17, 15) is 35.9 Å². The standard InChI is InChI=1S/C28H26F6N4O2/c1-17(18-7-3-2-4-8-18)35-25(39)23-16-21(9-10-24(23)38-11-5-6-12-38)36-26(40)37-22-14-19(27(29,30)31)13-20(15-22)28(32,33)34/h2-4,7-10,13-17H,5-6,11-12H2,1H3,(H,35,39)(H2,36,37,40). The van der Waals surface area contributed by atoms with Crippen LogP contribution >= 0.6 is 0 Å². The van der Waals surface area contributed by atoms with Gasteiger partial charge in [0.15, 0.2) is 0 Å². The minimum atomic E-state index is -5.06. The van der Waals surface area contributed by atoms with E-state index in [0.717, 1.165) is 31.5 Å². The summed E-state index contributed by atoms with van der Waals surface area (Å²) in [6.07, 6.45) is -8.22. The van der Waals surface area contributed by atoms with Gasteiger partial charge in [-0.2, -0.15) is 26.3 Å². The molecule has 3 aromatic rings. The normalized spacial score (nSPS) is 14.5. The maximum Gasteiger partial charge on any atom is 0.416 e. The molecule has 0 aromatic heterocycles. The van der Waals surface area contributed by atoms with Crippen molar-refractivity contribution in [2.24, 2.45) is 0 Å². The average Bonchev–Trinajstić information content (AvgIpc) is 3.43. The molecule has 1 atom stereocenters. The largest absolute Gasteiger partial charge is 0.416 e. The van der Waals surface area contributed by atoms with E-state index in [1.165, 1.54) is 12.1 Å². The molecule has 1 unspecified atom stereocenters. The summed E-state index contributed by atoms with van der Waals surface area (Å²) in [5.41, 5.74) is -1.89. The fourth-order valence-corrected chi connectivity index (χ4v) is 4.45. The molecule has 6 nitrogen and oxygen atoms in total. The zero-order chi connectivity index (χ0) is 29.1. The van der Waals surface area contributed by atoms with Gasteiger partial charge in [0.05, 0.1) is 22.7 Å². The SMILES string of the molecule is CC(NC(=O)c1cc(NC(=O)Nc2cc(C(F)(F)F)cc(C(F)(F)F)c2)ccc1N1CCCC1)c1ccccc1. The van der Waals surface area contributed by atoms with Crippen molar-refractivity contribution >= 4 is 29.0 Å². The first kappa shape index (κ1) is 28.8. The lowest BCUT2D eigenvalue weighted by Crippen LogP contribution is -2.30. The Hall–Kier alpha value is -4.22. The van der Waals surface area contributed by atoms with Gasteiger partial charge in [-0.05, 0) is 61.7 Å². The second-order valence-electron chi connectivity index (χ2n) is 9.41. The lowest BCUT2D eigenvalue weighted by molar-refractivity contribution is -0.143. The smallest absolute Gasteiger partial charge is 0.371 e. The molecule has 0 radical (unpaired) electrons. The number of halogens is 6. The van der Waals surface area contributed by atoms with Gasteiger partial charge < -0.3 is 20.9 Å². The van der Waals surface area contributed by atoms with Gasteiger partial charge in [-0.25, -0.2) is 4.79 Å². The third kappa shape index (κ3) is 7.04. The van der Waals surface area contributed by atoms with Crippen LogP contribution in [0.1, 0.15) is 52.9 Å². The number of anilines is 3. The summed E-state index contributed by atoms with van der Waals surface area (Å²) in [6.45, 7) is 3.29. The van der Waals surface area contributed by atoms with E-state index in [4.69, 9.17) is 0 Å². The van der Waals surface area contributed by atoms with Crippen molar-refractivity contribution in [2.75, 3.05) is 28.6 Å². The molecule has 1 aliphatic rings. The quantitative estimate of drug-likeness (QED) is 0.272. The van der Waals surface area contributed by atoms with Crippen LogP contribution in [-0.4, -0.2) is 25.0 Å². The van der Waals surface area contributed by atoms with Crippen LogP contribution in [0.2, 0.25) is 0 Å². The fraction of sp³-hybridized carbons (Fsp3) is 0.286. The molecule has 1 aliphatic heterocycles. The van der Waals surface area contributed by atoms with Crippen LogP contribution < -0.4 is 20.9 Å². The maximum atomic E-state index is 13.3. The molecule has 0 bridgehead atoms. The second-order valence-corrected chi connectivity index (χ2v) is 9.41. The molecule has 3 N–H and O–H groups in total. The Morgan fingerprint density at radius 2 is 1.35 bits per heavy atom. The summed E-state index contributed by atoms with van der Waals surface area (Å²) in [5, 5.41) is 7.35. The minimum absolute atomic E-state index is 0.0263. The molecule has 1 fully saturated rings. The van der Waals surface area contributed by atoms with Crippen molar-refractivity contribution in [3.05, 3.63) is 89.0 Å². The molecule has 1 heterocycles. The predicted molar refractivity (Wildman–Crippen MR) is 139 cm³/mol. The summed E-state index contributed by atoms with van der Waals surface area (Å²) in [4.78, 5) is 27.9. The first-order valence-electron chi connectivity index (χ1n) is 12.4. The van der Waals surface area contributed by atoms with Gasteiger partial charge >= 0.3 is 18.4 Å². The Labute approximate surface area is 226 Å². The van der Waals surface area contributed by atoms with Crippen molar-refractivity contribution in [2.45, 2.75) is 38.2 Å². The Bertz CT molecular complexity index is 1340. The summed E-state index contributed by atoms with van der Waals surface area (Å²) in [5.74, 6) is -0.407. The number of hydrogen-bond donors (Lipinski definition) is 3. The molecule has 4 rings (SSSR count). The van der Waals surface area contributed by atoms with Crippen LogP contribution in [0.3, 0.4) is 0 Å². The number of carbonyl (C=O) groups is 2. The van der Waals surface area contributed by atoms with Crippen LogP contribution in [0.15, 0.2) is 66.7 Å². The lowest BCUT2D eigenvalue weighted by Gasteiger charge is -2.23. The first-order valence-corrected chi connectivity index (χ1v) is 12.4. The van der Waals surface area contributed by atoms with Crippen molar-refractivity contribution in [1.29, 1.82) is 0 Å². The van der Waals surface area contributed by atoms with Gasteiger partial charge in [-0.15, -0.1) is 0 Å². The number of nitrogens with zero attached hydrogens (tertiary/aromatic N) is 1. The molecule has 212 valence electrons. The number of hydrogen-bond acceptors (Lipinski definition) is 3. The number of benzene rings is 3.